The maximum Gasteiger partial charge on any atom is 0.129 e. The fourth-order valence-electron chi connectivity index (χ4n) is 2.44. The Balaban J connectivity index is 2.31. The summed E-state index contributed by atoms with van der Waals surface area (Å²) in [5.41, 5.74) is 0.405. The van der Waals surface area contributed by atoms with Gasteiger partial charge < -0.3 is 5.32 Å². The van der Waals surface area contributed by atoms with E-state index >= 15 is 0 Å². The second-order valence-corrected chi connectivity index (χ2v) is 4.79. The van der Waals surface area contributed by atoms with E-state index in [1.54, 1.807) is 0 Å². The van der Waals surface area contributed by atoms with Gasteiger partial charge in [-0.15, -0.1) is 0 Å². The van der Waals surface area contributed by atoms with E-state index in [0.29, 0.717) is 5.56 Å². The first kappa shape index (κ1) is 13.4. The van der Waals surface area contributed by atoms with Crippen LogP contribution in [0.5, 0.6) is 0 Å². The molecule has 0 aliphatic carbocycles. The van der Waals surface area contributed by atoms with Gasteiger partial charge >= 0.3 is 0 Å². The van der Waals surface area contributed by atoms with E-state index in [0.717, 1.165) is 32.2 Å². The van der Waals surface area contributed by atoms with E-state index in [2.05, 4.69) is 10.2 Å². The number of piperazine rings is 1. The van der Waals surface area contributed by atoms with Gasteiger partial charge in [-0.25, -0.2) is 8.78 Å². The molecule has 1 unspecified atom stereocenters. The van der Waals surface area contributed by atoms with Gasteiger partial charge in [-0.3, -0.25) is 9.80 Å². The summed E-state index contributed by atoms with van der Waals surface area (Å²) >= 11 is 0. The van der Waals surface area contributed by atoms with Crippen LogP contribution >= 0.6 is 0 Å². The predicted octanol–water partition coefficient (Wildman–Crippen LogP) is 1.43. The summed E-state index contributed by atoms with van der Waals surface area (Å²) < 4.78 is 27.2. The minimum atomic E-state index is -0.395. The van der Waals surface area contributed by atoms with Crippen molar-refractivity contribution in [2.45, 2.75) is 6.17 Å². The molecule has 2 rings (SSSR count). The third kappa shape index (κ3) is 2.85. The second kappa shape index (κ2) is 5.73. The zero-order valence-electron chi connectivity index (χ0n) is 10.8. The number of nitrogens with zero attached hydrogens (tertiary/aromatic N) is 2. The number of rotatable bonds is 3. The van der Waals surface area contributed by atoms with E-state index in [1.165, 1.54) is 12.1 Å². The molecule has 0 spiro atoms. The molecule has 0 bridgehead atoms. The van der Waals surface area contributed by atoms with Gasteiger partial charge in [0.15, 0.2) is 0 Å². The van der Waals surface area contributed by atoms with Crippen molar-refractivity contribution in [3.8, 4) is 0 Å². The first-order chi connectivity index (χ1) is 8.59. The van der Waals surface area contributed by atoms with Gasteiger partial charge in [-0.1, -0.05) is 0 Å². The fraction of sp³-hybridized carbons (Fsp3) is 0.538. The number of hydrogen-bond donors (Lipinski definition) is 1. The number of benzene rings is 1. The van der Waals surface area contributed by atoms with E-state index in [4.69, 9.17) is 0 Å². The standard InChI is InChI=1S/C13H19F2N3/c1-17(2)13(18-7-5-16-6-8-18)11-9-10(14)3-4-12(11)15/h3-4,9,13,16H,5-8H2,1-2H3. The van der Waals surface area contributed by atoms with Gasteiger partial charge in [0.25, 0.3) is 0 Å². The van der Waals surface area contributed by atoms with Gasteiger partial charge in [-0.05, 0) is 32.3 Å². The van der Waals surface area contributed by atoms with Crippen LogP contribution in [0, 0.1) is 11.6 Å². The normalized spacial score (nSPS) is 19.2. The summed E-state index contributed by atoms with van der Waals surface area (Å²) in [6.45, 7) is 3.42. The Bertz CT molecular complexity index is 403. The molecule has 1 aliphatic rings. The highest BCUT2D eigenvalue weighted by molar-refractivity contribution is 5.22. The first-order valence-electron chi connectivity index (χ1n) is 6.16. The Morgan fingerprint density at radius 3 is 2.50 bits per heavy atom. The van der Waals surface area contributed by atoms with Gasteiger partial charge in [0.2, 0.25) is 0 Å². The summed E-state index contributed by atoms with van der Waals surface area (Å²) in [6.07, 6.45) is -0.220. The molecule has 1 N–H and O–H groups in total. The molecule has 0 radical (unpaired) electrons. The molecule has 0 saturated carbocycles. The van der Waals surface area contributed by atoms with E-state index in [9.17, 15) is 8.78 Å². The largest absolute Gasteiger partial charge is 0.314 e. The Kier molecular flexibility index (Phi) is 4.27. The third-order valence-corrected chi connectivity index (χ3v) is 3.22. The second-order valence-electron chi connectivity index (χ2n) is 4.79. The molecule has 0 amide bonds. The molecule has 1 fully saturated rings. The van der Waals surface area contributed by atoms with Crippen LogP contribution in [0.1, 0.15) is 11.7 Å². The molecule has 1 aromatic rings. The maximum absolute atomic E-state index is 13.9. The molecule has 18 heavy (non-hydrogen) atoms. The molecule has 100 valence electrons. The number of nitrogens with one attached hydrogen (secondary N) is 1. The van der Waals surface area contributed by atoms with Gasteiger partial charge in [0, 0.05) is 31.7 Å². The van der Waals surface area contributed by atoms with Crippen LogP contribution in [0.15, 0.2) is 18.2 Å². The third-order valence-electron chi connectivity index (χ3n) is 3.22. The number of halogens is 2. The highest BCUT2D eigenvalue weighted by Crippen LogP contribution is 2.26. The monoisotopic (exact) mass is 255 g/mol. The van der Waals surface area contributed by atoms with Crippen LogP contribution in [0.25, 0.3) is 0 Å². The van der Waals surface area contributed by atoms with E-state index < -0.39 is 5.82 Å². The lowest BCUT2D eigenvalue weighted by molar-refractivity contribution is 0.0643. The van der Waals surface area contributed by atoms with Crippen LogP contribution in [0.4, 0.5) is 8.78 Å². The average molecular weight is 255 g/mol. The lowest BCUT2D eigenvalue weighted by atomic mass is 10.1. The molecular formula is C13H19F2N3. The molecule has 1 aromatic carbocycles. The highest BCUT2D eigenvalue weighted by Gasteiger charge is 2.26. The predicted molar refractivity (Wildman–Crippen MR) is 67.2 cm³/mol. The zero-order chi connectivity index (χ0) is 13.1. The van der Waals surface area contributed by atoms with E-state index in [1.807, 2.05) is 19.0 Å². The van der Waals surface area contributed by atoms with Crippen molar-refractivity contribution >= 4 is 0 Å². The number of hydrogen-bond acceptors (Lipinski definition) is 3. The van der Waals surface area contributed by atoms with Crippen LogP contribution in [0.3, 0.4) is 0 Å². The Hall–Kier alpha value is -1.04. The van der Waals surface area contributed by atoms with Crippen LogP contribution in [-0.4, -0.2) is 50.1 Å². The molecular weight excluding hydrogens is 236 g/mol. The van der Waals surface area contributed by atoms with Crippen LogP contribution in [0.2, 0.25) is 0 Å². The summed E-state index contributed by atoms with van der Waals surface area (Å²) in [4.78, 5) is 4.08. The van der Waals surface area contributed by atoms with Crippen molar-refractivity contribution in [2.75, 3.05) is 40.3 Å². The molecule has 1 saturated heterocycles. The topological polar surface area (TPSA) is 18.5 Å². The molecule has 1 atom stereocenters. The molecule has 5 heteroatoms. The van der Waals surface area contributed by atoms with Crippen molar-refractivity contribution in [1.29, 1.82) is 0 Å². The lowest BCUT2D eigenvalue weighted by Gasteiger charge is -2.38. The summed E-state index contributed by atoms with van der Waals surface area (Å²) in [7, 11) is 3.77. The molecule has 1 heterocycles. The minimum Gasteiger partial charge on any atom is -0.314 e. The maximum atomic E-state index is 13.9. The molecule has 1 aliphatic heterocycles. The Morgan fingerprint density at radius 2 is 1.89 bits per heavy atom. The zero-order valence-corrected chi connectivity index (χ0v) is 10.8. The van der Waals surface area contributed by atoms with Crippen molar-refractivity contribution in [3.05, 3.63) is 35.4 Å². The average Bonchev–Trinajstić information content (AvgIpc) is 2.35. The molecule has 3 nitrogen and oxygen atoms in total. The van der Waals surface area contributed by atoms with Crippen molar-refractivity contribution < 1.29 is 8.78 Å². The smallest absolute Gasteiger partial charge is 0.129 e. The summed E-state index contributed by atoms with van der Waals surface area (Å²) in [6, 6.07) is 3.65. The Morgan fingerprint density at radius 1 is 1.22 bits per heavy atom. The summed E-state index contributed by atoms with van der Waals surface area (Å²) in [5, 5.41) is 3.26. The van der Waals surface area contributed by atoms with Crippen molar-refractivity contribution in [2.24, 2.45) is 0 Å². The van der Waals surface area contributed by atoms with Gasteiger partial charge in [0.1, 0.15) is 11.6 Å². The Labute approximate surface area is 106 Å². The quantitative estimate of drug-likeness (QED) is 0.881. The first-order valence-corrected chi connectivity index (χ1v) is 6.16. The molecule has 0 aromatic heterocycles. The minimum absolute atomic E-state index is 0.220. The fourth-order valence-corrected chi connectivity index (χ4v) is 2.44. The van der Waals surface area contributed by atoms with Gasteiger partial charge in [0.05, 0.1) is 6.17 Å². The lowest BCUT2D eigenvalue weighted by Crippen LogP contribution is -2.48. The van der Waals surface area contributed by atoms with Crippen molar-refractivity contribution in [1.82, 2.24) is 15.1 Å². The summed E-state index contributed by atoms with van der Waals surface area (Å²) in [5.74, 6) is -0.748. The van der Waals surface area contributed by atoms with Crippen LogP contribution < -0.4 is 5.32 Å². The van der Waals surface area contributed by atoms with Gasteiger partial charge in [-0.2, -0.15) is 0 Å². The van der Waals surface area contributed by atoms with Crippen molar-refractivity contribution in [3.63, 3.8) is 0 Å². The SMILES string of the molecule is CN(C)C(c1cc(F)ccc1F)N1CCNCC1. The van der Waals surface area contributed by atoms with Crippen LogP contribution in [-0.2, 0) is 0 Å². The highest BCUT2D eigenvalue weighted by atomic mass is 19.1. The van der Waals surface area contributed by atoms with E-state index in [-0.39, 0.29) is 12.0 Å².